The van der Waals surface area contributed by atoms with Gasteiger partial charge in [0.2, 0.25) is 0 Å². The molecule has 0 spiro atoms. The molecule has 0 aromatic rings. The highest BCUT2D eigenvalue weighted by Crippen LogP contribution is 2.19. The Morgan fingerprint density at radius 1 is 0.947 bits per heavy atom. The zero-order valence-electron chi connectivity index (χ0n) is 12.2. The molecule has 2 fully saturated rings. The normalized spacial score (nSPS) is 30.1. The van der Waals surface area contributed by atoms with Crippen molar-refractivity contribution in [3.8, 4) is 0 Å². The van der Waals surface area contributed by atoms with E-state index in [1.807, 2.05) is 0 Å². The third-order valence-corrected chi connectivity index (χ3v) is 4.30. The Bertz CT molecular complexity index is 279. The van der Waals surface area contributed by atoms with Crippen molar-refractivity contribution < 1.29 is 5.11 Å². The lowest BCUT2D eigenvalue weighted by Gasteiger charge is -2.30. The minimum atomic E-state index is -0.0871. The van der Waals surface area contributed by atoms with Gasteiger partial charge in [-0.3, -0.25) is 4.99 Å². The predicted octanol–water partition coefficient (Wildman–Crippen LogP) is 2.18. The monoisotopic (exact) mass is 267 g/mol. The number of hydrogen-bond acceptors (Lipinski definition) is 2. The largest absolute Gasteiger partial charge is 0.393 e. The maximum Gasteiger partial charge on any atom is 0.191 e. The summed E-state index contributed by atoms with van der Waals surface area (Å²) in [6.45, 7) is 2.90. The molecule has 110 valence electrons. The van der Waals surface area contributed by atoms with E-state index in [0.29, 0.717) is 12.1 Å². The molecule has 4 nitrogen and oxygen atoms in total. The zero-order chi connectivity index (χ0) is 13.5. The van der Waals surface area contributed by atoms with E-state index in [-0.39, 0.29) is 6.10 Å². The molecule has 3 N–H and O–H groups in total. The number of aliphatic hydroxyl groups is 1. The third-order valence-electron chi connectivity index (χ3n) is 4.30. The minimum Gasteiger partial charge on any atom is -0.393 e. The van der Waals surface area contributed by atoms with Gasteiger partial charge in [0, 0.05) is 18.6 Å². The predicted molar refractivity (Wildman–Crippen MR) is 79.4 cm³/mol. The van der Waals surface area contributed by atoms with E-state index in [4.69, 9.17) is 0 Å². The smallest absolute Gasteiger partial charge is 0.191 e. The quantitative estimate of drug-likeness (QED) is 0.542. The van der Waals surface area contributed by atoms with Crippen molar-refractivity contribution in [2.45, 2.75) is 82.9 Å². The van der Waals surface area contributed by atoms with Crippen LogP contribution in [0.2, 0.25) is 0 Å². The Labute approximate surface area is 117 Å². The summed E-state index contributed by atoms with van der Waals surface area (Å²) in [5.41, 5.74) is 0. The Morgan fingerprint density at radius 3 is 2.11 bits per heavy atom. The van der Waals surface area contributed by atoms with E-state index in [1.165, 1.54) is 32.1 Å². The van der Waals surface area contributed by atoms with E-state index < -0.39 is 0 Å². The number of guanidine groups is 1. The fourth-order valence-corrected chi connectivity index (χ4v) is 3.14. The summed E-state index contributed by atoms with van der Waals surface area (Å²) < 4.78 is 0. The lowest BCUT2D eigenvalue weighted by Crippen LogP contribution is -2.49. The molecule has 0 unspecified atom stereocenters. The van der Waals surface area contributed by atoms with Crippen molar-refractivity contribution in [2.24, 2.45) is 4.99 Å². The first kappa shape index (κ1) is 14.6. The second-order valence-corrected chi connectivity index (χ2v) is 5.95. The fraction of sp³-hybridized carbons (Fsp3) is 0.933. The molecule has 0 bridgehead atoms. The van der Waals surface area contributed by atoms with Crippen LogP contribution in [-0.4, -0.2) is 35.8 Å². The van der Waals surface area contributed by atoms with Crippen LogP contribution in [0.1, 0.15) is 64.7 Å². The van der Waals surface area contributed by atoms with Gasteiger partial charge in [0.15, 0.2) is 5.96 Å². The summed E-state index contributed by atoms with van der Waals surface area (Å²) in [7, 11) is 0. The molecule has 0 heterocycles. The van der Waals surface area contributed by atoms with Crippen molar-refractivity contribution in [1.29, 1.82) is 0 Å². The van der Waals surface area contributed by atoms with Crippen LogP contribution in [0.15, 0.2) is 4.99 Å². The maximum absolute atomic E-state index is 9.55. The van der Waals surface area contributed by atoms with Gasteiger partial charge in [-0.05, 0) is 45.4 Å². The highest BCUT2D eigenvalue weighted by atomic mass is 16.3. The van der Waals surface area contributed by atoms with E-state index in [0.717, 1.165) is 38.2 Å². The van der Waals surface area contributed by atoms with Gasteiger partial charge in [0.1, 0.15) is 0 Å². The van der Waals surface area contributed by atoms with Crippen molar-refractivity contribution in [2.75, 3.05) is 6.54 Å². The molecule has 2 saturated carbocycles. The highest BCUT2D eigenvalue weighted by Gasteiger charge is 2.21. The summed E-state index contributed by atoms with van der Waals surface area (Å²) in [5.74, 6) is 0.982. The lowest BCUT2D eigenvalue weighted by atomic mass is 9.93. The molecular formula is C15H29N3O. The SMILES string of the molecule is CCN=C(NC1CCCCC1)NC1CCC(O)CC1. The van der Waals surface area contributed by atoms with E-state index in [1.54, 1.807) is 0 Å². The van der Waals surface area contributed by atoms with Crippen LogP contribution < -0.4 is 10.6 Å². The Morgan fingerprint density at radius 2 is 1.53 bits per heavy atom. The second kappa shape index (κ2) is 7.73. The summed E-state index contributed by atoms with van der Waals surface area (Å²) in [6.07, 6.45) is 10.5. The molecule has 0 aromatic carbocycles. The Balaban J connectivity index is 1.80. The fourth-order valence-electron chi connectivity index (χ4n) is 3.14. The lowest BCUT2D eigenvalue weighted by molar-refractivity contribution is 0.120. The molecular weight excluding hydrogens is 238 g/mol. The molecule has 0 saturated heterocycles. The van der Waals surface area contributed by atoms with Crippen molar-refractivity contribution in [3.63, 3.8) is 0 Å². The van der Waals surface area contributed by atoms with Crippen molar-refractivity contribution >= 4 is 5.96 Å². The molecule has 0 aromatic heterocycles. The third kappa shape index (κ3) is 5.01. The van der Waals surface area contributed by atoms with Crippen LogP contribution in [0.3, 0.4) is 0 Å². The first-order valence-electron chi connectivity index (χ1n) is 8.03. The van der Waals surface area contributed by atoms with E-state index >= 15 is 0 Å². The van der Waals surface area contributed by atoms with Crippen molar-refractivity contribution in [3.05, 3.63) is 0 Å². The van der Waals surface area contributed by atoms with Crippen LogP contribution in [-0.2, 0) is 0 Å². The van der Waals surface area contributed by atoms with Crippen LogP contribution in [0.5, 0.6) is 0 Å². The Hall–Kier alpha value is -0.770. The van der Waals surface area contributed by atoms with Gasteiger partial charge in [-0.25, -0.2) is 0 Å². The van der Waals surface area contributed by atoms with Gasteiger partial charge < -0.3 is 15.7 Å². The van der Waals surface area contributed by atoms with Gasteiger partial charge in [-0.2, -0.15) is 0 Å². The number of hydrogen-bond donors (Lipinski definition) is 3. The van der Waals surface area contributed by atoms with Gasteiger partial charge in [0.05, 0.1) is 6.10 Å². The second-order valence-electron chi connectivity index (χ2n) is 5.95. The molecule has 0 amide bonds. The number of nitrogens with one attached hydrogen (secondary N) is 2. The summed E-state index contributed by atoms with van der Waals surface area (Å²) >= 11 is 0. The summed E-state index contributed by atoms with van der Waals surface area (Å²) in [4.78, 5) is 4.56. The van der Waals surface area contributed by atoms with E-state index in [9.17, 15) is 5.11 Å². The Kier molecular flexibility index (Phi) is 5.95. The maximum atomic E-state index is 9.55. The summed E-state index contributed by atoms with van der Waals surface area (Å²) in [6, 6.07) is 1.07. The molecule has 4 heteroatoms. The average Bonchev–Trinajstić information content (AvgIpc) is 2.43. The average molecular weight is 267 g/mol. The van der Waals surface area contributed by atoms with Crippen LogP contribution in [0.25, 0.3) is 0 Å². The first-order chi connectivity index (χ1) is 9.28. The first-order valence-corrected chi connectivity index (χ1v) is 8.03. The molecule has 2 aliphatic carbocycles. The van der Waals surface area contributed by atoms with Gasteiger partial charge in [-0.1, -0.05) is 19.3 Å². The van der Waals surface area contributed by atoms with Crippen LogP contribution in [0, 0.1) is 0 Å². The van der Waals surface area contributed by atoms with E-state index in [2.05, 4.69) is 22.5 Å². The molecule has 0 radical (unpaired) electrons. The van der Waals surface area contributed by atoms with Crippen LogP contribution >= 0.6 is 0 Å². The number of nitrogens with zero attached hydrogens (tertiary/aromatic N) is 1. The molecule has 19 heavy (non-hydrogen) atoms. The van der Waals surface area contributed by atoms with Gasteiger partial charge in [0.25, 0.3) is 0 Å². The standard InChI is InChI=1S/C15H29N3O/c1-2-16-15(17-12-6-4-3-5-7-12)18-13-8-10-14(19)11-9-13/h12-14,19H,2-11H2,1H3,(H2,16,17,18). The van der Waals surface area contributed by atoms with Gasteiger partial charge >= 0.3 is 0 Å². The molecule has 0 aliphatic heterocycles. The topological polar surface area (TPSA) is 56.7 Å². The van der Waals surface area contributed by atoms with Crippen LogP contribution in [0.4, 0.5) is 0 Å². The minimum absolute atomic E-state index is 0.0871. The number of aliphatic imine (C=N–C) groups is 1. The molecule has 0 atom stereocenters. The summed E-state index contributed by atoms with van der Waals surface area (Å²) in [5, 5.41) is 16.7. The molecule has 2 aliphatic rings. The number of rotatable bonds is 3. The van der Waals surface area contributed by atoms with Gasteiger partial charge in [-0.15, -0.1) is 0 Å². The highest BCUT2D eigenvalue weighted by molar-refractivity contribution is 5.80. The zero-order valence-corrected chi connectivity index (χ0v) is 12.2. The van der Waals surface area contributed by atoms with Crippen molar-refractivity contribution in [1.82, 2.24) is 10.6 Å². The number of aliphatic hydroxyl groups excluding tert-OH is 1. The molecule has 2 rings (SSSR count).